The van der Waals surface area contributed by atoms with Crippen LogP contribution in [-0.4, -0.2) is 28.1 Å². The maximum atomic E-state index is 11.6. The highest BCUT2D eigenvalue weighted by molar-refractivity contribution is 7.97. The average Bonchev–Trinajstić information content (AvgIpc) is 3.66. The van der Waals surface area contributed by atoms with Gasteiger partial charge in [-0.1, -0.05) is 113 Å². The molecule has 0 aromatic heterocycles. The predicted molar refractivity (Wildman–Crippen MR) is 242 cm³/mol. The second-order valence-electron chi connectivity index (χ2n) is 16.5. The summed E-state index contributed by atoms with van der Waals surface area (Å²) < 4.78 is 11.2. The number of phenolic OH excluding ortho intramolecular Hbond substituents is 1. The van der Waals surface area contributed by atoms with Gasteiger partial charge in [0.25, 0.3) is 0 Å². The van der Waals surface area contributed by atoms with Gasteiger partial charge in [0.1, 0.15) is 16.6 Å². The number of benzene rings is 5. The van der Waals surface area contributed by atoms with Gasteiger partial charge in [0.2, 0.25) is 9.79 Å². The van der Waals surface area contributed by atoms with E-state index < -0.39 is 17.1 Å². The number of rotatable bonds is 9. The molecule has 6 nitrogen and oxygen atoms in total. The number of esters is 1. The molecule has 1 aliphatic carbocycles. The molecule has 0 spiro atoms. The number of carbonyl (C=O) groups is 2. The van der Waals surface area contributed by atoms with Crippen molar-refractivity contribution in [3.05, 3.63) is 144 Å². The lowest BCUT2D eigenvalue weighted by molar-refractivity contribution is -0.162. The van der Waals surface area contributed by atoms with E-state index in [0.29, 0.717) is 30.4 Å². The van der Waals surface area contributed by atoms with Crippen molar-refractivity contribution in [3.8, 4) is 17.2 Å². The molecule has 1 saturated carbocycles. The van der Waals surface area contributed by atoms with Gasteiger partial charge < -0.3 is 19.7 Å². The number of aliphatic hydroxyl groups is 1. The lowest BCUT2D eigenvalue weighted by Gasteiger charge is -2.22. The number of para-hydroxylation sites is 2. The lowest BCUT2D eigenvalue weighted by Crippen LogP contribution is -2.31. The molecule has 0 amide bonds. The summed E-state index contributed by atoms with van der Waals surface area (Å²) in [7, 11) is -0.0829. The van der Waals surface area contributed by atoms with E-state index in [0.717, 1.165) is 42.7 Å². The molecule has 2 N–H and O–H groups in total. The van der Waals surface area contributed by atoms with E-state index in [1.54, 1.807) is 12.1 Å². The molecule has 1 heterocycles. The van der Waals surface area contributed by atoms with Crippen molar-refractivity contribution in [2.24, 2.45) is 5.41 Å². The molecule has 7 rings (SSSR count). The Morgan fingerprint density at radius 3 is 1.64 bits per heavy atom. The zero-order valence-electron chi connectivity index (χ0n) is 36.5. The van der Waals surface area contributed by atoms with Gasteiger partial charge in [-0.3, -0.25) is 9.59 Å². The van der Waals surface area contributed by atoms with Crippen LogP contribution in [0.2, 0.25) is 0 Å². The van der Waals surface area contributed by atoms with Crippen LogP contribution in [0.4, 0.5) is 0 Å². The first-order valence-electron chi connectivity index (χ1n) is 21.1. The van der Waals surface area contributed by atoms with Gasteiger partial charge in [0, 0.05) is 6.42 Å². The minimum Gasteiger partial charge on any atom is -0.508 e. The Morgan fingerprint density at radius 1 is 0.729 bits per heavy atom. The average molecular weight is 818 g/mol. The first-order chi connectivity index (χ1) is 28.1. The third-order valence-corrected chi connectivity index (χ3v) is 13.4. The number of aromatic hydroxyl groups is 1. The monoisotopic (exact) mass is 817 g/mol. The molecule has 1 aliphatic heterocycles. The molecule has 0 radical (unpaired) electrons. The third kappa shape index (κ3) is 13.3. The summed E-state index contributed by atoms with van der Waals surface area (Å²) in [6.07, 6.45) is 4.67. The fourth-order valence-electron chi connectivity index (χ4n) is 6.29. The molecule has 0 bridgehead atoms. The lowest BCUT2D eigenvalue weighted by atomic mass is 9.90. The normalized spacial score (nSPS) is 15.6. The SMILES string of the molecule is CCC(C)(C)C(=O)OC1CCCC1=O.CCC(C)c1ccc(C(C)(C)O)cc1.CCC(C)c1ccc(O)cc1.c1ccc([S+]2c3ccccc3Oc3ccccc32)cc1. The molecule has 3 atom stereocenters. The topological polar surface area (TPSA) is 93.1 Å². The molecule has 3 unspecified atom stereocenters. The van der Waals surface area contributed by atoms with Gasteiger partial charge in [-0.25, -0.2) is 0 Å². The minimum absolute atomic E-state index is 0.0743. The molecular weight excluding hydrogens is 753 g/mol. The van der Waals surface area contributed by atoms with Crippen LogP contribution < -0.4 is 4.74 Å². The predicted octanol–water partition coefficient (Wildman–Crippen LogP) is 13.3. The van der Waals surface area contributed by atoms with Crippen LogP contribution in [0.25, 0.3) is 0 Å². The summed E-state index contributed by atoms with van der Waals surface area (Å²) >= 11 is 0. The van der Waals surface area contributed by atoms with E-state index in [1.807, 2.05) is 83.1 Å². The first-order valence-corrected chi connectivity index (χ1v) is 22.3. The number of hydrogen-bond donors (Lipinski definition) is 2. The van der Waals surface area contributed by atoms with Crippen LogP contribution in [0.1, 0.15) is 129 Å². The van der Waals surface area contributed by atoms with E-state index in [2.05, 4.69) is 94.4 Å². The summed E-state index contributed by atoms with van der Waals surface area (Å²) in [5, 5.41) is 18.8. The summed E-state index contributed by atoms with van der Waals surface area (Å²) in [5.74, 6) is 3.31. The number of carbonyl (C=O) groups excluding carboxylic acids is 2. The number of hydrogen-bond acceptors (Lipinski definition) is 6. The summed E-state index contributed by atoms with van der Waals surface area (Å²) in [6.45, 7) is 18.0. The first kappa shape index (κ1) is 46.8. The van der Waals surface area contributed by atoms with Crippen molar-refractivity contribution in [1.29, 1.82) is 0 Å². The second kappa shape index (κ2) is 22.0. The van der Waals surface area contributed by atoms with Crippen LogP contribution in [0.5, 0.6) is 17.2 Å². The Labute approximate surface area is 356 Å². The van der Waals surface area contributed by atoms with Crippen molar-refractivity contribution in [2.45, 2.75) is 139 Å². The van der Waals surface area contributed by atoms with E-state index in [-0.39, 0.29) is 22.6 Å². The maximum absolute atomic E-state index is 11.6. The van der Waals surface area contributed by atoms with Gasteiger partial charge >= 0.3 is 5.97 Å². The zero-order valence-corrected chi connectivity index (χ0v) is 37.4. The highest BCUT2D eigenvalue weighted by Crippen LogP contribution is 2.46. The number of phenols is 1. The van der Waals surface area contributed by atoms with E-state index in [9.17, 15) is 14.7 Å². The van der Waals surface area contributed by atoms with Crippen LogP contribution in [0, 0.1) is 5.41 Å². The van der Waals surface area contributed by atoms with E-state index in [1.165, 1.54) is 25.8 Å². The highest BCUT2D eigenvalue weighted by atomic mass is 32.2. The van der Waals surface area contributed by atoms with Crippen LogP contribution in [-0.2, 0) is 30.8 Å². The molecule has 0 saturated heterocycles. The molecule has 1 fully saturated rings. The third-order valence-electron chi connectivity index (χ3n) is 11.1. The Kier molecular flexibility index (Phi) is 17.4. The van der Waals surface area contributed by atoms with E-state index in [4.69, 9.17) is 14.6 Å². The standard InChI is InChI=1S/C18H13OS.C13H20O.C11H18O3.C10H14O/c1-2-8-14(9-3-1)20-17-12-6-4-10-15(17)19-16-11-5-7-13-18(16)20;1-5-10(2)11-6-8-12(9-7-11)13(3,4)14;1-4-11(2,3)10(13)14-9-7-5-6-8(9)12;1-3-8(2)9-4-6-10(11)7-5-9/h1-13H;6-10,14H,5H2,1-4H3;9H,4-7H2,1-3H3;4-8,11H,3H2,1-2H3/q+1;;;. The van der Waals surface area contributed by atoms with Crippen molar-refractivity contribution in [3.63, 3.8) is 0 Å². The Morgan fingerprint density at radius 2 is 1.20 bits per heavy atom. The number of Topliss-reactive ketones (excluding diaryl/α,β-unsaturated/α-hetero) is 1. The van der Waals surface area contributed by atoms with Crippen LogP contribution >= 0.6 is 0 Å². The molecule has 2 aliphatic rings. The van der Waals surface area contributed by atoms with Gasteiger partial charge in [-0.2, -0.15) is 0 Å². The Balaban J connectivity index is 0.000000179. The number of fused-ring (bicyclic) bond motifs is 2. The Bertz CT molecular complexity index is 2000. The largest absolute Gasteiger partial charge is 0.508 e. The number of ether oxygens (including phenoxy) is 2. The van der Waals surface area contributed by atoms with Crippen molar-refractivity contribution >= 4 is 22.6 Å². The summed E-state index contributed by atoms with van der Waals surface area (Å²) in [5.41, 5.74) is 2.42. The molecule has 5 aromatic carbocycles. The molecule has 59 heavy (non-hydrogen) atoms. The van der Waals surface area contributed by atoms with Crippen molar-refractivity contribution in [2.75, 3.05) is 0 Å². The quantitative estimate of drug-likeness (QED) is 0.111. The van der Waals surface area contributed by atoms with Crippen LogP contribution in [0.15, 0.2) is 142 Å². The summed E-state index contributed by atoms with van der Waals surface area (Å²) in [4.78, 5) is 26.7. The fourth-order valence-corrected chi connectivity index (χ4v) is 8.51. The minimum atomic E-state index is -0.728. The van der Waals surface area contributed by atoms with Gasteiger partial charge in [-0.15, -0.1) is 0 Å². The number of ketones is 1. The molecule has 7 heteroatoms. The zero-order chi connectivity index (χ0) is 43.2. The molecule has 314 valence electrons. The van der Waals surface area contributed by atoms with Crippen molar-refractivity contribution in [1.82, 2.24) is 0 Å². The smallest absolute Gasteiger partial charge is 0.312 e. The summed E-state index contributed by atoms with van der Waals surface area (Å²) in [6, 6.07) is 43.0. The van der Waals surface area contributed by atoms with E-state index >= 15 is 0 Å². The Hall–Kier alpha value is -4.85. The second-order valence-corrected chi connectivity index (χ2v) is 18.5. The molecule has 5 aromatic rings. The van der Waals surface area contributed by atoms with Gasteiger partial charge in [0.05, 0.1) is 11.0 Å². The van der Waals surface area contributed by atoms with Crippen molar-refractivity contribution < 1.29 is 29.3 Å². The fraction of sp³-hybridized carbons (Fsp3) is 0.385. The maximum Gasteiger partial charge on any atom is 0.312 e. The highest BCUT2D eigenvalue weighted by Gasteiger charge is 2.38. The molecular formula is C52H65O6S+. The van der Waals surface area contributed by atoms with Crippen LogP contribution in [0.3, 0.4) is 0 Å². The van der Waals surface area contributed by atoms with Gasteiger partial charge in [0.15, 0.2) is 28.3 Å². The van der Waals surface area contributed by atoms with Gasteiger partial charge in [-0.05, 0) is 137 Å².